The lowest BCUT2D eigenvalue weighted by Gasteiger charge is -2.31. The van der Waals surface area contributed by atoms with Crippen molar-refractivity contribution >= 4 is 11.7 Å². The first kappa shape index (κ1) is 16.5. The van der Waals surface area contributed by atoms with Gasteiger partial charge in [-0.3, -0.25) is 15.6 Å². The highest BCUT2D eigenvalue weighted by atomic mass is 19.4. The number of aliphatic hydroxyl groups is 1. The smallest absolute Gasteiger partial charge is 0.389 e. The number of anilines is 1. The van der Waals surface area contributed by atoms with Crippen LogP contribution < -0.4 is 10.9 Å². The molecule has 0 aliphatic heterocycles. The third kappa shape index (κ3) is 4.55. The van der Waals surface area contributed by atoms with Crippen molar-refractivity contribution in [2.45, 2.75) is 50.3 Å². The molecule has 1 saturated carbocycles. The summed E-state index contributed by atoms with van der Waals surface area (Å²) >= 11 is 0. The van der Waals surface area contributed by atoms with E-state index in [-0.39, 0.29) is 12.2 Å². The minimum absolute atomic E-state index is 0.0167. The summed E-state index contributed by atoms with van der Waals surface area (Å²) in [5, 5.41) is 16.6. The summed E-state index contributed by atoms with van der Waals surface area (Å²) in [7, 11) is 0. The monoisotopic (exact) mass is 318 g/mol. The number of amides is 1. The van der Waals surface area contributed by atoms with Gasteiger partial charge in [-0.25, -0.2) is 0 Å². The molecule has 6 nitrogen and oxygen atoms in total. The quantitative estimate of drug-likeness (QED) is 0.739. The molecule has 0 aromatic carbocycles. The van der Waals surface area contributed by atoms with Gasteiger partial charge < -0.3 is 5.11 Å². The molecule has 2 rings (SSSR count). The first-order valence-electron chi connectivity index (χ1n) is 6.97. The molecule has 1 amide bonds. The molecule has 0 bridgehead atoms. The van der Waals surface area contributed by atoms with E-state index in [1.807, 2.05) is 0 Å². The van der Waals surface area contributed by atoms with E-state index in [0.29, 0.717) is 12.8 Å². The van der Waals surface area contributed by atoms with E-state index in [1.165, 1.54) is 0 Å². The fourth-order valence-electron chi connectivity index (χ4n) is 2.41. The molecule has 1 aromatic heterocycles. The van der Waals surface area contributed by atoms with E-state index in [4.69, 9.17) is 0 Å². The summed E-state index contributed by atoms with van der Waals surface area (Å²) in [5.74, 6) is -0.469. The number of halogens is 3. The predicted molar refractivity (Wildman–Crippen MR) is 71.5 cm³/mol. The number of nitrogens with zero attached hydrogens (tertiary/aromatic N) is 2. The fraction of sp³-hybridized carbons (Fsp3) is 0.615. The maximum Gasteiger partial charge on any atom is 0.435 e. The number of alkyl halides is 3. The normalized spacial score (nSPS) is 17.8. The van der Waals surface area contributed by atoms with E-state index in [2.05, 4.69) is 21.0 Å². The number of carbonyl (C=O) groups excluding carboxylic acids is 1. The minimum atomic E-state index is -4.56. The topological polar surface area (TPSA) is 87.1 Å². The van der Waals surface area contributed by atoms with Gasteiger partial charge in [0.05, 0.1) is 12.0 Å². The maximum atomic E-state index is 12.3. The van der Waals surface area contributed by atoms with Crippen LogP contribution in [0, 0.1) is 0 Å². The van der Waals surface area contributed by atoms with Crippen molar-refractivity contribution < 1.29 is 23.1 Å². The van der Waals surface area contributed by atoms with Crippen molar-refractivity contribution in [1.29, 1.82) is 0 Å². The van der Waals surface area contributed by atoms with Crippen LogP contribution in [0.4, 0.5) is 19.0 Å². The largest absolute Gasteiger partial charge is 0.435 e. The van der Waals surface area contributed by atoms with Crippen LogP contribution in [0.2, 0.25) is 0 Å². The van der Waals surface area contributed by atoms with Gasteiger partial charge in [-0.05, 0) is 25.0 Å². The van der Waals surface area contributed by atoms with Gasteiger partial charge in [0.1, 0.15) is 0 Å². The lowest BCUT2D eigenvalue weighted by atomic mass is 9.82. The first-order valence-corrected chi connectivity index (χ1v) is 6.97. The molecule has 0 atom stereocenters. The lowest BCUT2D eigenvalue weighted by molar-refractivity contribution is -0.141. The third-order valence-electron chi connectivity index (χ3n) is 3.56. The number of nitrogens with one attached hydrogen (secondary N) is 2. The van der Waals surface area contributed by atoms with E-state index in [1.54, 1.807) is 0 Å². The molecule has 1 aliphatic rings. The van der Waals surface area contributed by atoms with Gasteiger partial charge in [-0.1, -0.05) is 19.3 Å². The average molecular weight is 318 g/mol. The lowest BCUT2D eigenvalue weighted by Crippen LogP contribution is -2.40. The molecule has 0 saturated heterocycles. The van der Waals surface area contributed by atoms with Crippen LogP contribution >= 0.6 is 0 Å². The van der Waals surface area contributed by atoms with E-state index >= 15 is 0 Å². The second-order valence-corrected chi connectivity index (χ2v) is 5.44. The predicted octanol–water partition coefficient (Wildman–Crippen LogP) is 2.02. The van der Waals surface area contributed by atoms with Gasteiger partial charge in [0.2, 0.25) is 5.91 Å². The Morgan fingerprint density at radius 3 is 2.45 bits per heavy atom. The van der Waals surface area contributed by atoms with Crippen LogP contribution in [0.25, 0.3) is 0 Å². The van der Waals surface area contributed by atoms with Gasteiger partial charge in [-0.15, -0.1) is 10.2 Å². The molecule has 3 N–H and O–H groups in total. The summed E-state index contributed by atoms with van der Waals surface area (Å²) in [5.41, 5.74) is 2.56. The number of hydrogen-bond acceptors (Lipinski definition) is 5. The molecule has 1 aliphatic carbocycles. The number of hydrogen-bond donors (Lipinski definition) is 3. The Labute approximate surface area is 125 Å². The van der Waals surface area contributed by atoms with E-state index in [0.717, 1.165) is 31.4 Å². The first-order chi connectivity index (χ1) is 10.3. The summed E-state index contributed by atoms with van der Waals surface area (Å²) in [6, 6.07) is 1.82. The number of aromatic nitrogens is 2. The van der Waals surface area contributed by atoms with E-state index < -0.39 is 23.4 Å². The highest BCUT2D eigenvalue weighted by Crippen LogP contribution is 2.30. The Kier molecular flexibility index (Phi) is 4.84. The highest BCUT2D eigenvalue weighted by Gasteiger charge is 2.33. The fourth-order valence-corrected chi connectivity index (χ4v) is 2.41. The Bertz CT molecular complexity index is 513. The van der Waals surface area contributed by atoms with E-state index in [9.17, 15) is 23.1 Å². The third-order valence-corrected chi connectivity index (χ3v) is 3.56. The zero-order valence-corrected chi connectivity index (χ0v) is 11.8. The van der Waals surface area contributed by atoms with Gasteiger partial charge in [0.15, 0.2) is 11.5 Å². The second kappa shape index (κ2) is 6.47. The molecule has 122 valence electrons. The Morgan fingerprint density at radius 2 is 1.91 bits per heavy atom. The molecule has 0 radical (unpaired) electrons. The Morgan fingerprint density at radius 1 is 1.23 bits per heavy atom. The van der Waals surface area contributed by atoms with Gasteiger partial charge in [0, 0.05) is 0 Å². The molecule has 1 heterocycles. The number of hydrazine groups is 1. The molecular weight excluding hydrogens is 301 g/mol. The molecule has 0 spiro atoms. The van der Waals surface area contributed by atoms with Crippen molar-refractivity contribution in [3.05, 3.63) is 17.8 Å². The summed E-state index contributed by atoms with van der Waals surface area (Å²) < 4.78 is 36.9. The minimum Gasteiger partial charge on any atom is -0.389 e. The van der Waals surface area contributed by atoms with Gasteiger partial charge >= 0.3 is 6.18 Å². The summed E-state index contributed by atoms with van der Waals surface area (Å²) in [6.07, 6.45) is -0.680. The zero-order chi connectivity index (χ0) is 16.2. The van der Waals surface area contributed by atoms with Gasteiger partial charge in [0.25, 0.3) is 0 Å². The van der Waals surface area contributed by atoms with Crippen LogP contribution in [0.3, 0.4) is 0 Å². The van der Waals surface area contributed by atoms with Crippen LogP contribution in [0.1, 0.15) is 44.2 Å². The molecule has 1 fully saturated rings. The van der Waals surface area contributed by atoms with Crippen molar-refractivity contribution in [2.24, 2.45) is 0 Å². The molecule has 9 heteroatoms. The second-order valence-electron chi connectivity index (χ2n) is 5.44. The maximum absolute atomic E-state index is 12.3. The standard InChI is InChI=1S/C13H17F3N4O2/c14-13(15,16)9-4-5-10(18-17-9)19-20-11(21)8-12(22)6-2-1-3-7-12/h4-5,22H,1-3,6-8H2,(H,18,19)(H,20,21). The van der Waals surface area contributed by atoms with Crippen molar-refractivity contribution in [3.63, 3.8) is 0 Å². The van der Waals surface area contributed by atoms with Crippen LogP contribution in [0.15, 0.2) is 12.1 Å². The van der Waals surface area contributed by atoms with Crippen LogP contribution in [0.5, 0.6) is 0 Å². The Hall–Kier alpha value is -1.90. The SMILES string of the molecule is O=C(CC1(O)CCCCC1)NNc1ccc(C(F)(F)F)nn1. The zero-order valence-electron chi connectivity index (χ0n) is 11.8. The number of rotatable bonds is 4. The molecular formula is C13H17F3N4O2. The Balaban J connectivity index is 1.83. The average Bonchev–Trinajstić information content (AvgIpc) is 2.45. The van der Waals surface area contributed by atoms with Gasteiger partial charge in [-0.2, -0.15) is 13.2 Å². The highest BCUT2D eigenvalue weighted by molar-refractivity contribution is 5.78. The van der Waals surface area contributed by atoms with Crippen molar-refractivity contribution in [3.8, 4) is 0 Å². The summed E-state index contributed by atoms with van der Waals surface area (Å²) in [4.78, 5) is 11.8. The molecule has 1 aromatic rings. The van der Waals surface area contributed by atoms with Crippen LogP contribution in [-0.2, 0) is 11.0 Å². The number of carbonyl (C=O) groups is 1. The molecule has 22 heavy (non-hydrogen) atoms. The van der Waals surface area contributed by atoms with Crippen molar-refractivity contribution in [1.82, 2.24) is 15.6 Å². The van der Waals surface area contributed by atoms with Crippen LogP contribution in [-0.4, -0.2) is 26.8 Å². The summed E-state index contributed by atoms with van der Waals surface area (Å²) in [6.45, 7) is 0. The molecule has 0 unspecified atom stereocenters. The van der Waals surface area contributed by atoms with Crippen molar-refractivity contribution in [2.75, 3.05) is 5.43 Å².